The van der Waals surface area contributed by atoms with E-state index in [1.165, 1.54) is 19.3 Å². The van der Waals surface area contributed by atoms with E-state index < -0.39 is 5.97 Å². The van der Waals surface area contributed by atoms with Gasteiger partial charge in [-0.15, -0.1) is 0 Å². The number of hydrogen-bond donors (Lipinski definition) is 3. The van der Waals surface area contributed by atoms with Crippen molar-refractivity contribution in [2.24, 2.45) is 11.8 Å². The molecular weight excluding hydrogens is 256 g/mol. The Balaban J connectivity index is 2.21. The zero-order valence-corrected chi connectivity index (χ0v) is 12.7. The summed E-state index contributed by atoms with van der Waals surface area (Å²) in [6.07, 6.45) is 6.19. The van der Waals surface area contributed by atoms with Crippen LogP contribution in [-0.2, 0) is 4.79 Å². The fourth-order valence-corrected chi connectivity index (χ4v) is 2.96. The fraction of sp³-hybridized carbons (Fsp3) is 0.867. The van der Waals surface area contributed by atoms with Gasteiger partial charge in [-0.25, -0.2) is 4.79 Å². The molecule has 1 fully saturated rings. The van der Waals surface area contributed by atoms with Crippen LogP contribution in [0.25, 0.3) is 0 Å². The lowest BCUT2D eigenvalue weighted by atomic mass is 9.78. The molecule has 0 heterocycles. The van der Waals surface area contributed by atoms with Crippen molar-refractivity contribution < 1.29 is 14.7 Å². The molecule has 0 aromatic rings. The van der Waals surface area contributed by atoms with Crippen molar-refractivity contribution in [1.29, 1.82) is 0 Å². The SMILES string of the molecule is CC(C)C1CCCCC1NC(=O)NCCCCC(=O)O. The second-order valence-electron chi connectivity index (χ2n) is 6.05. The Morgan fingerprint density at radius 2 is 1.90 bits per heavy atom. The third-order valence-electron chi connectivity index (χ3n) is 4.10. The zero-order valence-electron chi connectivity index (χ0n) is 12.7. The average Bonchev–Trinajstić information content (AvgIpc) is 2.38. The van der Waals surface area contributed by atoms with E-state index in [1.807, 2.05) is 0 Å². The number of urea groups is 1. The highest BCUT2D eigenvalue weighted by atomic mass is 16.4. The maximum atomic E-state index is 11.8. The van der Waals surface area contributed by atoms with Gasteiger partial charge in [-0.1, -0.05) is 26.7 Å². The lowest BCUT2D eigenvalue weighted by Gasteiger charge is -2.34. The van der Waals surface area contributed by atoms with Gasteiger partial charge in [-0.05, 0) is 37.5 Å². The fourth-order valence-electron chi connectivity index (χ4n) is 2.96. The van der Waals surface area contributed by atoms with E-state index in [9.17, 15) is 9.59 Å². The number of carbonyl (C=O) groups excluding carboxylic acids is 1. The maximum Gasteiger partial charge on any atom is 0.315 e. The zero-order chi connectivity index (χ0) is 15.0. The van der Waals surface area contributed by atoms with Gasteiger partial charge in [0.05, 0.1) is 0 Å². The van der Waals surface area contributed by atoms with Crippen LogP contribution in [0.1, 0.15) is 58.8 Å². The Bertz CT molecular complexity index is 318. The minimum atomic E-state index is -0.781. The van der Waals surface area contributed by atoms with Gasteiger partial charge in [0, 0.05) is 19.0 Å². The van der Waals surface area contributed by atoms with Gasteiger partial charge >= 0.3 is 12.0 Å². The Morgan fingerprint density at radius 1 is 1.20 bits per heavy atom. The highest BCUT2D eigenvalue weighted by Crippen LogP contribution is 2.30. The minimum absolute atomic E-state index is 0.113. The predicted octanol–water partition coefficient (Wildman–Crippen LogP) is 2.76. The first-order valence-electron chi connectivity index (χ1n) is 7.77. The molecule has 0 radical (unpaired) electrons. The highest BCUT2D eigenvalue weighted by Gasteiger charge is 2.28. The van der Waals surface area contributed by atoms with Crippen molar-refractivity contribution in [3.05, 3.63) is 0 Å². The van der Waals surface area contributed by atoms with E-state index >= 15 is 0 Å². The molecule has 3 N–H and O–H groups in total. The standard InChI is InChI=1S/C15H28N2O3/c1-11(2)12-7-3-4-8-13(12)17-15(20)16-10-6-5-9-14(18)19/h11-13H,3-10H2,1-2H3,(H,18,19)(H2,16,17,20). The quantitative estimate of drug-likeness (QED) is 0.629. The van der Waals surface area contributed by atoms with Crippen LogP contribution in [0, 0.1) is 11.8 Å². The molecule has 0 aromatic heterocycles. The summed E-state index contributed by atoms with van der Waals surface area (Å²) >= 11 is 0. The van der Waals surface area contributed by atoms with Crippen molar-refractivity contribution in [1.82, 2.24) is 10.6 Å². The molecule has 5 heteroatoms. The maximum absolute atomic E-state index is 11.8. The van der Waals surface area contributed by atoms with Crippen molar-refractivity contribution in [3.63, 3.8) is 0 Å². The number of carbonyl (C=O) groups is 2. The number of hydrogen-bond acceptors (Lipinski definition) is 2. The molecule has 1 rings (SSSR count). The second kappa shape index (κ2) is 8.82. The third kappa shape index (κ3) is 6.26. The van der Waals surface area contributed by atoms with Crippen LogP contribution in [0.2, 0.25) is 0 Å². The van der Waals surface area contributed by atoms with Crippen LogP contribution in [0.3, 0.4) is 0 Å². The molecule has 1 aliphatic rings. The van der Waals surface area contributed by atoms with E-state index in [1.54, 1.807) is 0 Å². The van der Waals surface area contributed by atoms with E-state index in [0.29, 0.717) is 31.2 Å². The topological polar surface area (TPSA) is 78.4 Å². The molecule has 0 saturated heterocycles. The van der Waals surface area contributed by atoms with Crippen LogP contribution in [0.15, 0.2) is 0 Å². The van der Waals surface area contributed by atoms with Gasteiger partial charge < -0.3 is 15.7 Å². The number of carboxylic acid groups (broad SMARTS) is 1. The van der Waals surface area contributed by atoms with Crippen LogP contribution >= 0.6 is 0 Å². The number of carboxylic acids is 1. The van der Waals surface area contributed by atoms with Crippen LogP contribution in [0.4, 0.5) is 4.79 Å². The number of rotatable bonds is 7. The van der Waals surface area contributed by atoms with Crippen molar-refractivity contribution in [2.45, 2.75) is 64.8 Å². The molecule has 0 spiro atoms. The first kappa shape index (κ1) is 16.8. The van der Waals surface area contributed by atoms with E-state index in [0.717, 1.165) is 6.42 Å². The molecule has 116 valence electrons. The van der Waals surface area contributed by atoms with Crippen LogP contribution < -0.4 is 10.6 Å². The molecule has 20 heavy (non-hydrogen) atoms. The van der Waals surface area contributed by atoms with Gasteiger partial charge in [-0.2, -0.15) is 0 Å². The van der Waals surface area contributed by atoms with Crippen LogP contribution in [0.5, 0.6) is 0 Å². The Morgan fingerprint density at radius 3 is 2.55 bits per heavy atom. The molecular formula is C15H28N2O3. The van der Waals surface area contributed by atoms with E-state index in [-0.39, 0.29) is 18.5 Å². The van der Waals surface area contributed by atoms with Crippen molar-refractivity contribution in [3.8, 4) is 0 Å². The summed E-state index contributed by atoms with van der Waals surface area (Å²) in [5.41, 5.74) is 0. The van der Waals surface area contributed by atoms with E-state index in [2.05, 4.69) is 24.5 Å². The highest BCUT2D eigenvalue weighted by molar-refractivity contribution is 5.74. The van der Waals surface area contributed by atoms with Gasteiger partial charge in [0.2, 0.25) is 0 Å². The summed E-state index contributed by atoms with van der Waals surface area (Å²) in [6, 6.07) is 0.167. The average molecular weight is 284 g/mol. The molecule has 2 unspecified atom stereocenters. The molecule has 5 nitrogen and oxygen atoms in total. The Labute approximate surface area is 121 Å². The first-order valence-corrected chi connectivity index (χ1v) is 7.77. The number of aliphatic carboxylic acids is 1. The van der Waals surface area contributed by atoms with Gasteiger partial charge in [-0.3, -0.25) is 4.79 Å². The minimum Gasteiger partial charge on any atom is -0.481 e. The summed E-state index contributed by atoms with van der Waals surface area (Å²) in [5, 5.41) is 14.4. The predicted molar refractivity (Wildman–Crippen MR) is 78.6 cm³/mol. The normalized spacial score (nSPS) is 22.6. The molecule has 2 atom stereocenters. The number of nitrogens with one attached hydrogen (secondary N) is 2. The summed E-state index contributed by atoms with van der Waals surface area (Å²) in [7, 11) is 0. The molecule has 0 bridgehead atoms. The molecule has 1 saturated carbocycles. The van der Waals surface area contributed by atoms with E-state index in [4.69, 9.17) is 5.11 Å². The van der Waals surface area contributed by atoms with Gasteiger partial charge in [0.1, 0.15) is 0 Å². The second-order valence-corrected chi connectivity index (χ2v) is 6.05. The van der Waals surface area contributed by atoms with Gasteiger partial charge in [0.25, 0.3) is 0 Å². The van der Waals surface area contributed by atoms with Gasteiger partial charge in [0.15, 0.2) is 0 Å². The summed E-state index contributed by atoms with van der Waals surface area (Å²) in [4.78, 5) is 22.2. The van der Waals surface area contributed by atoms with Crippen molar-refractivity contribution >= 4 is 12.0 Å². The number of amides is 2. The smallest absolute Gasteiger partial charge is 0.315 e. The lowest BCUT2D eigenvalue weighted by molar-refractivity contribution is -0.137. The summed E-state index contributed by atoms with van der Waals surface area (Å²) in [5.74, 6) is 0.383. The molecule has 0 aromatic carbocycles. The number of unbranched alkanes of at least 4 members (excludes halogenated alkanes) is 1. The Hall–Kier alpha value is -1.26. The Kier molecular flexibility index (Phi) is 7.41. The third-order valence-corrected chi connectivity index (χ3v) is 4.10. The molecule has 0 aliphatic heterocycles. The first-order chi connectivity index (χ1) is 9.50. The largest absolute Gasteiger partial charge is 0.481 e. The lowest BCUT2D eigenvalue weighted by Crippen LogP contribution is -2.48. The monoisotopic (exact) mass is 284 g/mol. The molecule has 1 aliphatic carbocycles. The summed E-state index contributed by atoms with van der Waals surface area (Å²) < 4.78 is 0. The summed E-state index contributed by atoms with van der Waals surface area (Å²) in [6.45, 7) is 4.97. The molecule has 2 amide bonds. The van der Waals surface area contributed by atoms with Crippen molar-refractivity contribution in [2.75, 3.05) is 6.54 Å². The van der Waals surface area contributed by atoms with Crippen LogP contribution in [-0.4, -0.2) is 29.7 Å².